The molecular weight excluding hydrogens is 402 g/mol. The third-order valence-corrected chi connectivity index (χ3v) is 6.00. The van der Waals surface area contributed by atoms with E-state index in [2.05, 4.69) is 0 Å². The van der Waals surface area contributed by atoms with Crippen LogP contribution in [0.25, 0.3) is 0 Å². The fraction of sp³-hybridized carbons (Fsp3) is 0.217. The third-order valence-electron chi connectivity index (χ3n) is 5.09. The molecule has 30 heavy (non-hydrogen) atoms. The van der Waals surface area contributed by atoms with Crippen molar-refractivity contribution in [1.29, 1.82) is 0 Å². The maximum atomic E-state index is 13.2. The molecule has 0 aliphatic carbocycles. The van der Waals surface area contributed by atoms with E-state index in [0.717, 1.165) is 0 Å². The molecule has 2 aromatic carbocycles. The minimum absolute atomic E-state index is 0.204. The Labute approximate surface area is 178 Å². The number of nitrogens with zero attached hydrogens (tertiary/aromatic N) is 1. The Bertz CT molecular complexity index is 1060. The normalized spacial score (nSPS) is 17.7. The van der Waals surface area contributed by atoms with Gasteiger partial charge in [-0.25, -0.2) is 0 Å². The topological polar surface area (TPSA) is 76.1 Å². The van der Waals surface area contributed by atoms with Crippen LogP contribution in [0, 0.1) is 0 Å². The summed E-state index contributed by atoms with van der Waals surface area (Å²) in [6, 6.07) is 17.7. The summed E-state index contributed by atoms with van der Waals surface area (Å²) < 4.78 is 11.1. The van der Waals surface area contributed by atoms with Gasteiger partial charge in [0.25, 0.3) is 5.91 Å². The average Bonchev–Trinajstić information content (AvgIpc) is 3.37. The zero-order valence-corrected chi connectivity index (χ0v) is 17.2. The standard InChI is InChI=1S/C23H21NO5S/c1-28-19-9-4-5-10-20(19)29-13-12-24-17-8-3-2-7-16(17)23(27,22(24)26)15-18(25)21-11-6-14-30-21/h2-11,14,27H,12-13,15H2,1H3. The number of carbonyl (C=O) groups excluding carboxylic acids is 2. The lowest BCUT2D eigenvalue weighted by molar-refractivity contribution is -0.135. The van der Waals surface area contributed by atoms with Crippen LogP contribution in [-0.4, -0.2) is 37.1 Å². The zero-order chi connectivity index (χ0) is 21.1. The van der Waals surface area contributed by atoms with Crippen molar-refractivity contribution in [2.75, 3.05) is 25.2 Å². The van der Waals surface area contributed by atoms with Crippen molar-refractivity contribution < 1.29 is 24.2 Å². The van der Waals surface area contributed by atoms with E-state index in [1.165, 1.54) is 16.2 Å². The molecule has 4 rings (SSSR count). The van der Waals surface area contributed by atoms with Gasteiger partial charge in [0.05, 0.1) is 30.6 Å². The van der Waals surface area contributed by atoms with Crippen molar-refractivity contribution in [3.63, 3.8) is 0 Å². The highest BCUT2D eigenvalue weighted by molar-refractivity contribution is 7.12. The fourth-order valence-corrected chi connectivity index (χ4v) is 4.31. The number of anilines is 1. The number of ether oxygens (including phenoxy) is 2. The number of thiophene rings is 1. The van der Waals surface area contributed by atoms with E-state index < -0.39 is 11.5 Å². The predicted octanol–water partition coefficient (Wildman–Crippen LogP) is 3.64. The number of fused-ring (bicyclic) bond motifs is 1. The molecule has 2 heterocycles. The van der Waals surface area contributed by atoms with E-state index in [9.17, 15) is 14.7 Å². The highest BCUT2D eigenvalue weighted by atomic mass is 32.1. The zero-order valence-electron chi connectivity index (χ0n) is 16.4. The number of hydrogen-bond donors (Lipinski definition) is 1. The Balaban J connectivity index is 1.53. The van der Waals surface area contributed by atoms with Crippen molar-refractivity contribution in [2.24, 2.45) is 0 Å². The second-order valence-corrected chi connectivity index (χ2v) is 7.86. The summed E-state index contributed by atoms with van der Waals surface area (Å²) in [6.45, 7) is 0.429. The third kappa shape index (κ3) is 3.58. The Morgan fingerprint density at radius 3 is 2.53 bits per heavy atom. The van der Waals surface area contributed by atoms with Crippen LogP contribution in [0.4, 0.5) is 5.69 Å². The van der Waals surface area contributed by atoms with Gasteiger partial charge in [0.2, 0.25) is 0 Å². The number of amides is 1. The summed E-state index contributed by atoms with van der Waals surface area (Å²) in [7, 11) is 1.56. The molecule has 0 spiro atoms. The molecule has 154 valence electrons. The molecule has 0 saturated heterocycles. The molecule has 0 fully saturated rings. The summed E-state index contributed by atoms with van der Waals surface area (Å²) in [4.78, 5) is 27.8. The fourth-order valence-electron chi connectivity index (χ4n) is 3.64. The highest BCUT2D eigenvalue weighted by Gasteiger charge is 2.50. The van der Waals surface area contributed by atoms with Gasteiger partial charge in [-0.05, 0) is 29.6 Å². The number of rotatable bonds is 8. The van der Waals surface area contributed by atoms with Gasteiger partial charge < -0.3 is 19.5 Å². The monoisotopic (exact) mass is 423 g/mol. The van der Waals surface area contributed by atoms with Crippen molar-refractivity contribution in [3.8, 4) is 11.5 Å². The van der Waals surface area contributed by atoms with Crippen LogP contribution >= 0.6 is 11.3 Å². The second-order valence-electron chi connectivity index (χ2n) is 6.91. The summed E-state index contributed by atoms with van der Waals surface area (Å²) in [5, 5.41) is 13.1. The summed E-state index contributed by atoms with van der Waals surface area (Å²) >= 11 is 1.29. The maximum absolute atomic E-state index is 13.2. The largest absolute Gasteiger partial charge is 0.493 e. The van der Waals surface area contributed by atoms with Crippen LogP contribution < -0.4 is 14.4 Å². The van der Waals surface area contributed by atoms with Crippen molar-refractivity contribution in [1.82, 2.24) is 0 Å². The van der Waals surface area contributed by atoms with Crippen molar-refractivity contribution in [2.45, 2.75) is 12.0 Å². The van der Waals surface area contributed by atoms with Gasteiger partial charge >= 0.3 is 0 Å². The SMILES string of the molecule is COc1ccccc1OCCN1C(=O)C(O)(CC(=O)c2cccs2)c2ccccc21. The number of aliphatic hydroxyl groups is 1. The number of methoxy groups -OCH3 is 1. The Kier molecular flexibility index (Phi) is 5.57. The molecule has 1 N–H and O–H groups in total. The lowest BCUT2D eigenvalue weighted by Crippen LogP contribution is -2.43. The van der Waals surface area contributed by atoms with E-state index >= 15 is 0 Å². The lowest BCUT2D eigenvalue weighted by Gasteiger charge is -2.22. The molecule has 3 aromatic rings. The lowest BCUT2D eigenvalue weighted by atomic mass is 9.89. The van der Waals surface area contributed by atoms with E-state index in [1.807, 2.05) is 12.1 Å². The smallest absolute Gasteiger partial charge is 0.264 e. The van der Waals surface area contributed by atoms with Gasteiger partial charge in [0.15, 0.2) is 22.9 Å². The molecule has 1 aliphatic heterocycles. The molecule has 0 radical (unpaired) electrons. The molecular formula is C23H21NO5S. The summed E-state index contributed by atoms with van der Waals surface area (Å²) in [6.07, 6.45) is -0.298. The van der Waals surface area contributed by atoms with Gasteiger partial charge in [-0.1, -0.05) is 36.4 Å². The average molecular weight is 423 g/mol. The first-order chi connectivity index (χ1) is 14.5. The molecule has 1 amide bonds. The number of Topliss-reactive ketones (excluding diaryl/α,β-unsaturated/α-hetero) is 1. The van der Waals surface area contributed by atoms with Crippen molar-refractivity contribution in [3.05, 3.63) is 76.5 Å². The summed E-state index contributed by atoms with van der Waals surface area (Å²) in [5.74, 6) is 0.395. The number of benzene rings is 2. The Hall–Kier alpha value is -3.16. The van der Waals surface area contributed by atoms with Crippen LogP contribution in [0.15, 0.2) is 66.0 Å². The molecule has 1 unspecified atom stereocenters. The Morgan fingerprint density at radius 2 is 1.80 bits per heavy atom. The Morgan fingerprint density at radius 1 is 1.07 bits per heavy atom. The van der Waals surface area contributed by atoms with E-state index in [4.69, 9.17) is 9.47 Å². The van der Waals surface area contributed by atoms with E-state index in [-0.39, 0.29) is 25.4 Å². The molecule has 1 aromatic heterocycles. The minimum atomic E-state index is -1.89. The van der Waals surface area contributed by atoms with Gasteiger partial charge in [0.1, 0.15) is 6.61 Å². The van der Waals surface area contributed by atoms with Crippen LogP contribution in [0.5, 0.6) is 11.5 Å². The van der Waals surface area contributed by atoms with Crippen LogP contribution in [-0.2, 0) is 10.4 Å². The number of carbonyl (C=O) groups is 2. The first kappa shape index (κ1) is 20.1. The van der Waals surface area contributed by atoms with Crippen molar-refractivity contribution >= 4 is 28.7 Å². The summed E-state index contributed by atoms with van der Waals surface area (Å²) in [5.41, 5.74) is -0.855. The molecule has 1 aliphatic rings. The van der Waals surface area contributed by atoms with Gasteiger partial charge in [-0.2, -0.15) is 0 Å². The molecule has 6 nitrogen and oxygen atoms in total. The van der Waals surface area contributed by atoms with Crippen LogP contribution in [0.2, 0.25) is 0 Å². The predicted molar refractivity (Wildman–Crippen MR) is 114 cm³/mol. The number of hydrogen-bond acceptors (Lipinski definition) is 6. The maximum Gasteiger partial charge on any atom is 0.264 e. The number of para-hydroxylation sites is 3. The van der Waals surface area contributed by atoms with E-state index in [1.54, 1.807) is 61.0 Å². The van der Waals surface area contributed by atoms with Crippen LogP contribution in [0.3, 0.4) is 0 Å². The minimum Gasteiger partial charge on any atom is -0.493 e. The van der Waals surface area contributed by atoms with Gasteiger partial charge in [-0.3, -0.25) is 9.59 Å². The van der Waals surface area contributed by atoms with Gasteiger partial charge in [0, 0.05) is 5.56 Å². The quantitative estimate of drug-likeness (QED) is 0.560. The second kappa shape index (κ2) is 8.30. The number of ketones is 1. The molecule has 7 heteroatoms. The molecule has 1 atom stereocenters. The first-order valence-electron chi connectivity index (χ1n) is 9.51. The first-order valence-corrected chi connectivity index (χ1v) is 10.4. The molecule has 0 saturated carbocycles. The highest BCUT2D eigenvalue weighted by Crippen LogP contribution is 2.43. The van der Waals surface area contributed by atoms with Gasteiger partial charge in [-0.15, -0.1) is 11.3 Å². The molecule has 0 bridgehead atoms. The van der Waals surface area contributed by atoms with E-state index in [0.29, 0.717) is 27.6 Å². The van der Waals surface area contributed by atoms with Crippen LogP contribution in [0.1, 0.15) is 21.7 Å².